The molecule has 0 aliphatic heterocycles. The first-order chi connectivity index (χ1) is 7.74. The number of aliphatic hydroxyl groups excluding tert-OH is 2. The maximum absolute atomic E-state index is 10.0. The predicted molar refractivity (Wildman–Crippen MR) is 64.9 cm³/mol. The summed E-state index contributed by atoms with van der Waals surface area (Å²) in [6.45, 7) is 2.13. The van der Waals surface area contributed by atoms with E-state index in [1.165, 1.54) is 0 Å². The molecule has 0 saturated heterocycles. The van der Waals surface area contributed by atoms with Crippen LogP contribution in [0.15, 0.2) is 29.8 Å². The van der Waals surface area contributed by atoms with Crippen molar-refractivity contribution in [2.24, 2.45) is 0 Å². The molecule has 0 amide bonds. The van der Waals surface area contributed by atoms with E-state index >= 15 is 0 Å². The Morgan fingerprint density at radius 1 is 1.12 bits per heavy atom. The van der Waals surface area contributed by atoms with Gasteiger partial charge in [0.25, 0.3) is 0 Å². The molecule has 2 rings (SSSR count). The number of aliphatic hydroxyl groups is 2. The first-order valence-electron chi connectivity index (χ1n) is 5.89. The van der Waals surface area contributed by atoms with Crippen LogP contribution < -0.4 is 0 Å². The zero-order valence-electron chi connectivity index (χ0n) is 9.56. The number of hydrogen-bond acceptors (Lipinski definition) is 2. The first kappa shape index (κ1) is 11.4. The van der Waals surface area contributed by atoms with E-state index in [9.17, 15) is 10.2 Å². The van der Waals surface area contributed by atoms with E-state index < -0.39 is 12.2 Å². The fourth-order valence-corrected chi connectivity index (χ4v) is 2.17. The molecule has 0 saturated carbocycles. The molecule has 1 aromatic rings. The molecule has 1 aromatic carbocycles. The molecule has 0 radical (unpaired) electrons. The van der Waals surface area contributed by atoms with Gasteiger partial charge in [-0.25, -0.2) is 0 Å². The Morgan fingerprint density at radius 2 is 1.88 bits per heavy atom. The topological polar surface area (TPSA) is 40.5 Å². The van der Waals surface area contributed by atoms with E-state index in [2.05, 4.69) is 6.92 Å². The maximum atomic E-state index is 10.0. The number of benzene rings is 1. The second-order valence-electron chi connectivity index (χ2n) is 4.34. The number of hydrogen-bond donors (Lipinski definition) is 2. The van der Waals surface area contributed by atoms with Crippen molar-refractivity contribution in [3.8, 4) is 0 Å². The SMILES string of the molecule is CCCCC1=Cc2ccccc2[C@H](O)[C@@H]1O. The predicted octanol–water partition coefficient (Wildman–Crippen LogP) is 2.67. The second-order valence-corrected chi connectivity index (χ2v) is 4.34. The van der Waals surface area contributed by atoms with Crippen molar-refractivity contribution < 1.29 is 10.2 Å². The molecule has 2 atom stereocenters. The van der Waals surface area contributed by atoms with Gasteiger partial charge in [0.05, 0.1) is 0 Å². The van der Waals surface area contributed by atoms with E-state index in [0.29, 0.717) is 0 Å². The number of rotatable bonds is 3. The van der Waals surface area contributed by atoms with Crippen molar-refractivity contribution in [1.82, 2.24) is 0 Å². The van der Waals surface area contributed by atoms with Crippen molar-refractivity contribution in [2.75, 3.05) is 0 Å². The highest BCUT2D eigenvalue weighted by molar-refractivity contribution is 5.61. The van der Waals surface area contributed by atoms with E-state index in [1.54, 1.807) is 0 Å². The van der Waals surface area contributed by atoms with Gasteiger partial charge in [-0.15, -0.1) is 0 Å². The summed E-state index contributed by atoms with van der Waals surface area (Å²) in [5.41, 5.74) is 2.81. The zero-order valence-corrected chi connectivity index (χ0v) is 9.56. The zero-order chi connectivity index (χ0) is 11.5. The highest BCUT2D eigenvalue weighted by Gasteiger charge is 2.27. The van der Waals surface area contributed by atoms with Crippen LogP contribution in [0.5, 0.6) is 0 Å². The Bertz CT molecular complexity index is 395. The average Bonchev–Trinajstić information content (AvgIpc) is 2.32. The summed E-state index contributed by atoms with van der Waals surface area (Å²) in [5, 5.41) is 20.0. The molecule has 1 aliphatic carbocycles. The standard InChI is InChI=1S/C14H18O2/c1-2-3-6-11-9-10-7-4-5-8-12(10)14(16)13(11)15/h4-5,7-9,13-16H,2-3,6H2,1H3/t13-,14+/m1/s1. The molecule has 0 bridgehead atoms. The van der Waals surface area contributed by atoms with Crippen molar-refractivity contribution in [3.63, 3.8) is 0 Å². The van der Waals surface area contributed by atoms with Crippen LogP contribution in [0.3, 0.4) is 0 Å². The largest absolute Gasteiger partial charge is 0.386 e. The summed E-state index contributed by atoms with van der Waals surface area (Å²) in [7, 11) is 0. The van der Waals surface area contributed by atoms with Crippen molar-refractivity contribution >= 4 is 6.08 Å². The molecule has 0 fully saturated rings. The summed E-state index contributed by atoms with van der Waals surface area (Å²) in [6.07, 6.45) is 3.53. The molecule has 0 unspecified atom stereocenters. The minimum absolute atomic E-state index is 0.735. The third kappa shape index (κ3) is 2.04. The maximum Gasteiger partial charge on any atom is 0.109 e. The molecule has 2 heteroatoms. The number of fused-ring (bicyclic) bond motifs is 1. The van der Waals surface area contributed by atoms with Crippen molar-refractivity contribution in [1.29, 1.82) is 0 Å². The quantitative estimate of drug-likeness (QED) is 0.818. The van der Waals surface area contributed by atoms with Crippen molar-refractivity contribution in [3.05, 3.63) is 41.0 Å². The molecule has 16 heavy (non-hydrogen) atoms. The monoisotopic (exact) mass is 218 g/mol. The van der Waals surface area contributed by atoms with Gasteiger partial charge in [0, 0.05) is 0 Å². The van der Waals surface area contributed by atoms with Crippen LogP contribution in [-0.4, -0.2) is 16.3 Å². The van der Waals surface area contributed by atoms with Crippen molar-refractivity contribution in [2.45, 2.75) is 38.4 Å². The Kier molecular flexibility index (Phi) is 3.42. The minimum Gasteiger partial charge on any atom is -0.386 e. The Labute approximate surface area is 96.2 Å². The average molecular weight is 218 g/mol. The fourth-order valence-electron chi connectivity index (χ4n) is 2.17. The molecule has 0 spiro atoms. The Balaban J connectivity index is 2.31. The molecular weight excluding hydrogens is 200 g/mol. The molecule has 0 heterocycles. The van der Waals surface area contributed by atoms with Gasteiger partial charge in [-0.2, -0.15) is 0 Å². The molecule has 86 valence electrons. The van der Waals surface area contributed by atoms with Gasteiger partial charge in [0.1, 0.15) is 12.2 Å². The highest BCUT2D eigenvalue weighted by atomic mass is 16.3. The van der Waals surface area contributed by atoms with Gasteiger partial charge in [0.15, 0.2) is 0 Å². The van der Waals surface area contributed by atoms with Gasteiger partial charge in [-0.05, 0) is 29.5 Å². The lowest BCUT2D eigenvalue weighted by Gasteiger charge is -2.27. The van der Waals surface area contributed by atoms with Crippen LogP contribution in [0.25, 0.3) is 6.08 Å². The molecule has 2 N–H and O–H groups in total. The summed E-state index contributed by atoms with van der Waals surface area (Å²) in [4.78, 5) is 0. The molecule has 0 aromatic heterocycles. The van der Waals surface area contributed by atoms with E-state index in [4.69, 9.17) is 0 Å². The summed E-state index contributed by atoms with van der Waals surface area (Å²) in [6, 6.07) is 7.70. The smallest absolute Gasteiger partial charge is 0.109 e. The van der Waals surface area contributed by atoms with Crippen LogP contribution in [0, 0.1) is 0 Å². The van der Waals surface area contributed by atoms with Crippen LogP contribution in [-0.2, 0) is 0 Å². The Morgan fingerprint density at radius 3 is 2.62 bits per heavy atom. The van der Waals surface area contributed by atoms with Crippen LogP contribution in [0.2, 0.25) is 0 Å². The van der Waals surface area contributed by atoms with Crippen LogP contribution >= 0.6 is 0 Å². The highest BCUT2D eigenvalue weighted by Crippen LogP contribution is 2.33. The normalized spacial score (nSPS) is 23.8. The summed E-state index contributed by atoms with van der Waals surface area (Å²) < 4.78 is 0. The number of unbranched alkanes of at least 4 members (excludes halogenated alkanes) is 1. The van der Waals surface area contributed by atoms with E-state index in [1.807, 2.05) is 30.3 Å². The molecular formula is C14H18O2. The van der Waals surface area contributed by atoms with E-state index in [0.717, 1.165) is 36.0 Å². The van der Waals surface area contributed by atoms with Gasteiger partial charge >= 0.3 is 0 Å². The van der Waals surface area contributed by atoms with Gasteiger partial charge in [-0.1, -0.05) is 43.7 Å². The van der Waals surface area contributed by atoms with Gasteiger partial charge in [0.2, 0.25) is 0 Å². The van der Waals surface area contributed by atoms with Crippen LogP contribution in [0.4, 0.5) is 0 Å². The summed E-state index contributed by atoms with van der Waals surface area (Å²) >= 11 is 0. The fraction of sp³-hybridized carbons (Fsp3) is 0.429. The van der Waals surface area contributed by atoms with Gasteiger partial charge < -0.3 is 10.2 Å². The lowest BCUT2D eigenvalue weighted by molar-refractivity contribution is 0.0377. The van der Waals surface area contributed by atoms with Crippen LogP contribution in [0.1, 0.15) is 43.4 Å². The lowest BCUT2D eigenvalue weighted by atomic mass is 9.85. The summed E-state index contributed by atoms with van der Waals surface area (Å²) in [5.74, 6) is 0. The lowest BCUT2D eigenvalue weighted by Crippen LogP contribution is -2.24. The first-order valence-corrected chi connectivity index (χ1v) is 5.89. The Hall–Kier alpha value is -1.12. The molecule has 1 aliphatic rings. The molecule has 2 nitrogen and oxygen atoms in total. The minimum atomic E-state index is -0.770. The van der Waals surface area contributed by atoms with Gasteiger partial charge in [-0.3, -0.25) is 0 Å². The second kappa shape index (κ2) is 4.81. The third-order valence-electron chi connectivity index (χ3n) is 3.15. The third-order valence-corrected chi connectivity index (χ3v) is 3.15. The van der Waals surface area contributed by atoms with E-state index in [-0.39, 0.29) is 0 Å².